The molecule has 2 aromatic heterocycles. The lowest BCUT2D eigenvalue weighted by Gasteiger charge is -2.24. The van der Waals surface area contributed by atoms with Crippen molar-refractivity contribution >= 4 is 67.1 Å². The van der Waals surface area contributed by atoms with Gasteiger partial charge in [0.25, 0.3) is 0 Å². The number of hydrogen-bond donors (Lipinski definition) is 0. The van der Waals surface area contributed by atoms with Crippen molar-refractivity contribution in [3.63, 3.8) is 0 Å². The Hall–Kier alpha value is -4.38. The predicted molar refractivity (Wildman–Crippen MR) is 172 cm³/mol. The van der Waals surface area contributed by atoms with Gasteiger partial charge in [-0.3, -0.25) is 0 Å². The van der Waals surface area contributed by atoms with Gasteiger partial charge in [0.15, 0.2) is 0 Å². The van der Waals surface area contributed by atoms with Crippen LogP contribution in [-0.4, -0.2) is 0 Å². The second kappa shape index (κ2) is 11.6. The smallest absolute Gasteiger partial charge is 0.0999 e. The average Bonchev–Trinajstić information content (AvgIpc) is 3.72. The first kappa shape index (κ1) is 24.9. The molecule has 0 saturated heterocycles. The van der Waals surface area contributed by atoms with E-state index in [1.54, 1.807) is 22.7 Å². The van der Waals surface area contributed by atoms with Crippen LogP contribution in [0.4, 0.5) is 32.8 Å². The Bertz CT molecular complexity index is 1620. The molecule has 4 heteroatoms. The van der Waals surface area contributed by atoms with E-state index >= 15 is 0 Å². The van der Waals surface area contributed by atoms with Crippen LogP contribution < -0.4 is 9.80 Å². The van der Waals surface area contributed by atoms with Crippen molar-refractivity contribution in [3.05, 3.63) is 155 Å². The van der Waals surface area contributed by atoms with Crippen LogP contribution in [0.25, 0.3) is 11.6 Å². The molecule has 0 amide bonds. The first-order valence-corrected chi connectivity index (χ1v) is 14.7. The Balaban J connectivity index is 1.25. The molecule has 0 unspecified atom stereocenters. The summed E-state index contributed by atoms with van der Waals surface area (Å²) in [6.07, 6.45) is 2.25. The third-order valence-electron chi connectivity index (χ3n) is 6.60. The number of rotatable bonds is 8. The van der Waals surface area contributed by atoms with E-state index < -0.39 is 0 Å². The van der Waals surface area contributed by atoms with Gasteiger partial charge in [-0.2, -0.15) is 0 Å². The van der Waals surface area contributed by atoms with Crippen LogP contribution in [0.1, 0.15) is 18.1 Å². The molecule has 0 atom stereocenters. The van der Waals surface area contributed by atoms with E-state index in [-0.39, 0.29) is 0 Å². The van der Waals surface area contributed by atoms with Crippen LogP contribution in [0, 0.1) is 0 Å². The Morgan fingerprint density at radius 1 is 0.487 bits per heavy atom. The standard InChI is InChI=1S/C35H28N2S2/c1-27(29-18-22-33(23-19-29)37(35-15-9-25-39-35)31-12-6-3-7-13-31)26-28-16-20-32(21-17-28)36(34-14-8-24-38-34)30-10-4-2-5-11-30/h2-26H,1H3. The number of benzene rings is 4. The number of hydrogen-bond acceptors (Lipinski definition) is 4. The Kier molecular flexibility index (Phi) is 7.39. The fourth-order valence-electron chi connectivity index (χ4n) is 4.68. The summed E-state index contributed by atoms with van der Waals surface area (Å²) in [7, 11) is 0. The molecule has 190 valence electrons. The molecule has 0 aliphatic carbocycles. The zero-order valence-corrected chi connectivity index (χ0v) is 23.3. The largest absolute Gasteiger partial charge is 0.302 e. The molecule has 6 aromatic rings. The molecule has 0 aliphatic rings. The molecule has 0 radical (unpaired) electrons. The second-order valence-electron chi connectivity index (χ2n) is 9.21. The normalized spacial score (nSPS) is 11.4. The van der Waals surface area contributed by atoms with Gasteiger partial charge >= 0.3 is 0 Å². The minimum absolute atomic E-state index is 1.15. The summed E-state index contributed by atoms with van der Waals surface area (Å²) in [5.74, 6) is 0. The molecule has 0 fully saturated rings. The van der Waals surface area contributed by atoms with Crippen LogP contribution in [0.5, 0.6) is 0 Å². The van der Waals surface area contributed by atoms with E-state index in [0.29, 0.717) is 0 Å². The lowest BCUT2D eigenvalue weighted by atomic mass is 10.0. The van der Waals surface area contributed by atoms with Crippen LogP contribution in [-0.2, 0) is 0 Å². The lowest BCUT2D eigenvalue weighted by molar-refractivity contribution is 1.31. The van der Waals surface area contributed by atoms with Gasteiger partial charge in [0.05, 0.1) is 10.0 Å². The third kappa shape index (κ3) is 5.58. The Morgan fingerprint density at radius 3 is 1.36 bits per heavy atom. The maximum absolute atomic E-state index is 2.30. The molecule has 2 nitrogen and oxygen atoms in total. The molecule has 6 rings (SSSR count). The summed E-state index contributed by atoms with van der Waals surface area (Å²) < 4.78 is 0. The van der Waals surface area contributed by atoms with E-state index in [4.69, 9.17) is 0 Å². The molecule has 0 saturated carbocycles. The highest BCUT2D eigenvalue weighted by Gasteiger charge is 2.14. The van der Waals surface area contributed by atoms with Crippen molar-refractivity contribution in [1.82, 2.24) is 0 Å². The second-order valence-corrected chi connectivity index (χ2v) is 11.1. The van der Waals surface area contributed by atoms with E-state index in [9.17, 15) is 0 Å². The third-order valence-corrected chi connectivity index (χ3v) is 8.30. The number of para-hydroxylation sites is 2. The highest BCUT2D eigenvalue weighted by molar-refractivity contribution is 7.14. The minimum atomic E-state index is 1.15. The van der Waals surface area contributed by atoms with E-state index in [1.807, 2.05) is 0 Å². The van der Waals surface area contributed by atoms with Gasteiger partial charge in [0, 0.05) is 22.7 Å². The first-order chi connectivity index (χ1) is 19.3. The Morgan fingerprint density at radius 2 is 0.923 bits per heavy atom. The lowest BCUT2D eigenvalue weighted by Crippen LogP contribution is -2.08. The monoisotopic (exact) mass is 540 g/mol. The number of allylic oxidation sites excluding steroid dienone is 1. The quantitative estimate of drug-likeness (QED) is 0.177. The summed E-state index contributed by atoms with van der Waals surface area (Å²) in [4.78, 5) is 4.61. The molecule has 0 N–H and O–H groups in total. The molecular weight excluding hydrogens is 513 g/mol. The predicted octanol–water partition coefficient (Wildman–Crippen LogP) is 11.3. The van der Waals surface area contributed by atoms with Crippen molar-refractivity contribution < 1.29 is 0 Å². The van der Waals surface area contributed by atoms with E-state index in [2.05, 4.69) is 167 Å². The summed E-state index contributed by atoms with van der Waals surface area (Å²) in [5, 5.41) is 6.65. The van der Waals surface area contributed by atoms with Gasteiger partial charge in [0.1, 0.15) is 0 Å². The fourth-order valence-corrected chi connectivity index (χ4v) is 6.22. The maximum Gasteiger partial charge on any atom is 0.0999 e. The van der Waals surface area contributed by atoms with Gasteiger partial charge in [0.2, 0.25) is 0 Å². The number of nitrogens with zero attached hydrogens (tertiary/aromatic N) is 2. The SMILES string of the molecule is CC(=Cc1ccc(N(c2ccccc2)c2cccs2)cc1)c1ccc(N(c2ccccc2)c2cccs2)cc1. The fraction of sp³-hybridized carbons (Fsp3) is 0.0286. The van der Waals surface area contributed by atoms with Crippen molar-refractivity contribution in [2.75, 3.05) is 9.80 Å². The van der Waals surface area contributed by atoms with Crippen molar-refractivity contribution in [2.24, 2.45) is 0 Å². The Labute approximate surface area is 238 Å². The van der Waals surface area contributed by atoms with Crippen molar-refractivity contribution in [2.45, 2.75) is 6.92 Å². The molecule has 0 spiro atoms. The average molecular weight is 541 g/mol. The maximum atomic E-state index is 2.30. The molecule has 0 bridgehead atoms. The summed E-state index contributed by atoms with van der Waals surface area (Å²) in [6, 6.07) is 47.2. The first-order valence-electron chi connectivity index (χ1n) is 12.9. The number of anilines is 6. The number of thiophene rings is 2. The summed E-state index contributed by atoms with van der Waals surface area (Å²) in [6.45, 7) is 2.18. The van der Waals surface area contributed by atoms with Gasteiger partial charge in [-0.05, 0) is 107 Å². The van der Waals surface area contributed by atoms with Gasteiger partial charge in [-0.15, -0.1) is 22.7 Å². The van der Waals surface area contributed by atoms with Crippen LogP contribution in [0.3, 0.4) is 0 Å². The van der Waals surface area contributed by atoms with Gasteiger partial charge in [-0.1, -0.05) is 66.7 Å². The van der Waals surface area contributed by atoms with Gasteiger partial charge in [-0.25, -0.2) is 0 Å². The van der Waals surface area contributed by atoms with Gasteiger partial charge < -0.3 is 9.80 Å². The topological polar surface area (TPSA) is 6.48 Å². The molecule has 4 aromatic carbocycles. The van der Waals surface area contributed by atoms with E-state index in [1.165, 1.54) is 26.7 Å². The molecule has 2 heterocycles. The molecule has 39 heavy (non-hydrogen) atoms. The zero-order chi connectivity index (χ0) is 26.4. The zero-order valence-electron chi connectivity index (χ0n) is 21.6. The van der Waals surface area contributed by atoms with Crippen LogP contribution in [0.2, 0.25) is 0 Å². The van der Waals surface area contributed by atoms with Crippen LogP contribution in [0.15, 0.2) is 144 Å². The summed E-state index contributed by atoms with van der Waals surface area (Å²) >= 11 is 3.49. The van der Waals surface area contributed by atoms with Crippen molar-refractivity contribution in [1.29, 1.82) is 0 Å². The summed E-state index contributed by atoms with van der Waals surface area (Å²) in [5.41, 5.74) is 8.25. The van der Waals surface area contributed by atoms with Crippen molar-refractivity contribution in [3.8, 4) is 0 Å². The van der Waals surface area contributed by atoms with Crippen LogP contribution >= 0.6 is 22.7 Å². The highest BCUT2D eigenvalue weighted by atomic mass is 32.1. The minimum Gasteiger partial charge on any atom is -0.302 e. The van der Waals surface area contributed by atoms with E-state index in [0.717, 1.165) is 22.7 Å². The highest BCUT2D eigenvalue weighted by Crippen LogP contribution is 2.39. The molecular formula is C35H28N2S2. The molecule has 0 aliphatic heterocycles.